The molecule has 13 heavy (non-hydrogen) atoms. The van der Waals surface area contributed by atoms with E-state index in [1.54, 1.807) is 10.7 Å². The number of nitrogens with zero attached hydrogens (tertiary/aromatic N) is 3. The summed E-state index contributed by atoms with van der Waals surface area (Å²) < 4.78 is 1.78. The lowest BCUT2D eigenvalue weighted by Crippen LogP contribution is -2.09. The van der Waals surface area contributed by atoms with Gasteiger partial charge in [0.05, 0.1) is 29.3 Å². The predicted molar refractivity (Wildman–Crippen MR) is 53.9 cm³/mol. The van der Waals surface area contributed by atoms with Crippen molar-refractivity contribution in [2.75, 3.05) is 24.7 Å². The van der Waals surface area contributed by atoms with E-state index in [2.05, 4.69) is 5.10 Å². The highest BCUT2D eigenvalue weighted by Crippen LogP contribution is 2.17. The highest BCUT2D eigenvalue weighted by Gasteiger charge is 2.01. The zero-order valence-corrected chi connectivity index (χ0v) is 7.73. The van der Waals surface area contributed by atoms with E-state index < -0.39 is 0 Å². The molecule has 0 aliphatic heterocycles. The number of pyridine rings is 1. The molecule has 2 N–H and O–H groups in total. The SMILES string of the molecule is CN(C)c1ccc2c(N)cnn2c1. The van der Waals surface area contributed by atoms with E-state index >= 15 is 0 Å². The first-order chi connectivity index (χ1) is 6.18. The number of fused-ring (bicyclic) bond motifs is 1. The molecule has 0 unspecified atom stereocenters. The largest absolute Gasteiger partial charge is 0.396 e. The molecule has 4 heteroatoms. The van der Waals surface area contributed by atoms with Crippen LogP contribution < -0.4 is 10.6 Å². The summed E-state index contributed by atoms with van der Waals surface area (Å²) in [4.78, 5) is 2.03. The van der Waals surface area contributed by atoms with Crippen molar-refractivity contribution in [2.45, 2.75) is 0 Å². The Bertz CT molecular complexity index is 430. The minimum atomic E-state index is 0.713. The number of hydrogen-bond donors (Lipinski definition) is 1. The second-order valence-electron chi connectivity index (χ2n) is 3.21. The fraction of sp³-hybridized carbons (Fsp3) is 0.222. The average molecular weight is 176 g/mol. The fourth-order valence-electron chi connectivity index (χ4n) is 1.26. The zero-order chi connectivity index (χ0) is 9.42. The van der Waals surface area contributed by atoms with Gasteiger partial charge in [-0.3, -0.25) is 0 Å². The van der Waals surface area contributed by atoms with Gasteiger partial charge in [0.15, 0.2) is 0 Å². The van der Waals surface area contributed by atoms with Crippen LogP contribution in [0.4, 0.5) is 11.4 Å². The lowest BCUT2D eigenvalue weighted by atomic mass is 10.3. The van der Waals surface area contributed by atoms with Crippen LogP contribution in [0.3, 0.4) is 0 Å². The molecule has 0 aromatic carbocycles. The van der Waals surface area contributed by atoms with Crippen molar-refractivity contribution in [3.63, 3.8) is 0 Å². The molecule has 0 aliphatic carbocycles. The molecular weight excluding hydrogens is 164 g/mol. The van der Waals surface area contributed by atoms with E-state index in [1.165, 1.54) is 0 Å². The van der Waals surface area contributed by atoms with Gasteiger partial charge in [-0.15, -0.1) is 0 Å². The Morgan fingerprint density at radius 1 is 1.38 bits per heavy atom. The first-order valence-corrected chi connectivity index (χ1v) is 4.08. The van der Waals surface area contributed by atoms with Crippen molar-refractivity contribution in [3.05, 3.63) is 24.5 Å². The van der Waals surface area contributed by atoms with E-state index in [4.69, 9.17) is 5.73 Å². The number of anilines is 2. The zero-order valence-electron chi connectivity index (χ0n) is 7.73. The van der Waals surface area contributed by atoms with Crippen molar-refractivity contribution in [3.8, 4) is 0 Å². The van der Waals surface area contributed by atoms with Crippen molar-refractivity contribution in [2.24, 2.45) is 0 Å². The lowest BCUT2D eigenvalue weighted by Gasteiger charge is -2.11. The average Bonchev–Trinajstić information content (AvgIpc) is 2.47. The Labute approximate surface area is 76.6 Å². The minimum Gasteiger partial charge on any atom is -0.396 e. The van der Waals surface area contributed by atoms with E-state index in [-0.39, 0.29) is 0 Å². The fourth-order valence-corrected chi connectivity index (χ4v) is 1.26. The number of aromatic nitrogens is 2. The number of hydrogen-bond acceptors (Lipinski definition) is 3. The summed E-state index contributed by atoms with van der Waals surface area (Å²) in [7, 11) is 3.99. The Morgan fingerprint density at radius 2 is 2.15 bits per heavy atom. The molecule has 68 valence electrons. The van der Waals surface area contributed by atoms with Crippen LogP contribution in [0.2, 0.25) is 0 Å². The standard InChI is InChI=1S/C9H12N4/c1-12(2)7-3-4-9-8(10)5-11-13(9)6-7/h3-6H,10H2,1-2H3. The predicted octanol–water partition coefficient (Wildman–Crippen LogP) is 0.982. The maximum absolute atomic E-state index is 5.71. The topological polar surface area (TPSA) is 46.6 Å². The van der Waals surface area contributed by atoms with Crippen molar-refractivity contribution >= 4 is 16.9 Å². The molecule has 0 amide bonds. The second-order valence-corrected chi connectivity index (χ2v) is 3.21. The molecule has 0 atom stereocenters. The van der Waals surface area contributed by atoms with Crippen LogP contribution in [0, 0.1) is 0 Å². The monoisotopic (exact) mass is 176 g/mol. The molecule has 0 radical (unpaired) electrons. The molecule has 0 saturated heterocycles. The van der Waals surface area contributed by atoms with Gasteiger partial charge in [0.25, 0.3) is 0 Å². The molecule has 4 nitrogen and oxygen atoms in total. The first-order valence-electron chi connectivity index (χ1n) is 4.08. The van der Waals surface area contributed by atoms with Gasteiger partial charge in [0.1, 0.15) is 0 Å². The van der Waals surface area contributed by atoms with Crippen LogP contribution >= 0.6 is 0 Å². The van der Waals surface area contributed by atoms with Crippen LogP contribution in [0.1, 0.15) is 0 Å². The van der Waals surface area contributed by atoms with E-state index in [9.17, 15) is 0 Å². The van der Waals surface area contributed by atoms with Gasteiger partial charge in [-0.25, -0.2) is 4.52 Å². The van der Waals surface area contributed by atoms with Crippen LogP contribution in [-0.2, 0) is 0 Å². The van der Waals surface area contributed by atoms with Gasteiger partial charge in [-0.05, 0) is 12.1 Å². The summed E-state index contributed by atoms with van der Waals surface area (Å²) in [5.41, 5.74) is 8.48. The van der Waals surface area contributed by atoms with Gasteiger partial charge in [0, 0.05) is 14.1 Å². The van der Waals surface area contributed by atoms with Crippen LogP contribution in [0.25, 0.3) is 5.52 Å². The number of nitrogen functional groups attached to an aromatic ring is 1. The molecule has 0 fully saturated rings. The third kappa shape index (κ3) is 1.20. The van der Waals surface area contributed by atoms with Crippen molar-refractivity contribution in [1.82, 2.24) is 9.61 Å². The second kappa shape index (κ2) is 2.65. The summed E-state index contributed by atoms with van der Waals surface area (Å²) >= 11 is 0. The molecule has 2 aromatic heterocycles. The van der Waals surface area contributed by atoms with E-state index in [1.807, 2.05) is 37.3 Å². The molecule has 0 spiro atoms. The molecule has 2 aromatic rings. The van der Waals surface area contributed by atoms with Gasteiger partial charge in [-0.1, -0.05) is 0 Å². The van der Waals surface area contributed by atoms with Crippen LogP contribution in [0.5, 0.6) is 0 Å². The Balaban J connectivity index is 2.63. The maximum Gasteiger partial charge on any atom is 0.0893 e. The Hall–Kier alpha value is -1.71. The van der Waals surface area contributed by atoms with Gasteiger partial charge in [0.2, 0.25) is 0 Å². The maximum atomic E-state index is 5.71. The van der Waals surface area contributed by atoms with E-state index in [0.29, 0.717) is 5.69 Å². The minimum absolute atomic E-state index is 0.713. The normalized spacial score (nSPS) is 10.6. The van der Waals surface area contributed by atoms with Gasteiger partial charge in [-0.2, -0.15) is 5.10 Å². The van der Waals surface area contributed by atoms with Crippen LogP contribution in [-0.4, -0.2) is 23.7 Å². The number of nitrogens with two attached hydrogens (primary N) is 1. The van der Waals surface area contributed by atoms with Crippen molar-refractivity contribution < 1.29 is 0 Å². The highest BCUT2D eigenvalue weighted by atomic mass is 15.2. The summed E-state index contributed by atoms with van der Waals surface area (Å²) in [5.74, 6) is 0. The summed E-state index contributed by atoms with van der Waals surface area (Å²) in [6.07, 6.45) is 3.61. The van der Waals surface area contributed by atoms with Crippen molar-refractivity contribution in [1.29, 1.82) is 0 Å². The van der Waals surface area contributed by atoms with Gasteiger partial charge >= 0.3 is 0 Å². The molecule has 2 heterocycles. The highest BCUT2D eigenvalue weighted by molar-refractivity contribution is 5.70. The van der Waals surface area contributed by atoms with E-state index in [0.717, 1.165) is 11.2 Å². The lowest BCUT2D eigenvalue weighted by molar-refractivity contribution is 0.949. The smallest absolute Gasteiger partial charge is 0.0893 e. The molecular formula is C9H12N4. The summed E-state index contributed by atoms with van der Waals surface area (Å²) in [6, 6.07) is 3.99. The Morgan fingerprint density at radius 3 is 2.85 bits per heavy atom. The first kappa shape index (κ1) is 7.91. The van der Waals surface area contributed by atoms with Gasteiger partial charge < -0.3 is 10.6 Å². The quantitative estimate of drug-likeness (QED) is 0.704. The molecule has 0 saturated carbocycles. The summed E-state index contributed by atoms with van der Waals surface area (Å²) in [6.45, 7) is 0. The summed E-state index contributed by atoms with van der Waals surface area (Å²) in [5, 5.41) is 4.13. The Kier molecular flexibility index (Phi) is 1.62. The molecule has 0 bridgehead atoms. The molecule has 0 aliphatic rings. The third-order valence-corrected chi connectivity index (χ3v) is 2.05. The van der Waals surface area contributed by atoms with Crippen LogP contribution in [0.15, 0.2) is 24.5 Å². The third-order valence-electron chi connectivity index (χ3n) is 2.05. The number of rotatable bonds is 1. The molecule has 2 rings (SSSR count).